The summed E-state index contributed by atoms with van der Waals surface area (Å²) in [6, 6.07) is 3.59. The highest BCUT2D eigenvalue weighted by molar-refractivity contribution is 8.16. The Balaban J connectivity index is 1.80. The minimum absolute atomic E-state index is 0.0573. The number of nitrogens with one attached hydrogen (secondary N) is 1. The van der Waals surface area contributed by atoms with Crippen LogP contribution in [-0.2, 0) is 19.4 Å². The summed E-state index contributed by atoms with van der Waals surface area (Å²) < 4.78 is 43.2. The van der Waals surface area contributed by atoms with Crippen LogP contribution in [0.15, 0.2) is 23.2 Å². The van der Waals surface area contributed by atoms with Gasteiger partial charge in [0.25, 0.3) is 5.91 Å². The molecule has 1 aromatic rings. The lowest BCUT2D eigenvalue weighted by atomic mass is 10.2. The molecule has 0 bridgehead atoms. The van der Waals surface area contributed by atoms with E-state index in [4.69, 9.17) is 16.3 Å². The molecule has 2 aliphatic heterocycles. The fourth-order valence-corrected chi connectivity index (χ4v) is 7.16. The second-order valence-electron chi connectivity index (χ2n) is 7.91. The van der Waals surface area contributed by atoms with Crippen LogP contribution in [-0.4, -0.2) is 60.5 Å². The highest BCUT2D eigenvalue weighted by Gasteiger charge is 2.49. The standard InChI is InChI=1S/C18H21ClFN3O5S2/c1-18(2,3)28-17(25)21-7-15(24)22-16-23(10-4-5-11(19)12(20)6-10)13-8-30(26,27)9-14(13)29-16/h4-6,13-14H,7-9H2,1-3H3,(H,21,25). The summed E-state index contributed by atoms with van der Waals surface area (Å²) in [4.78, 5) is 29.6. The molecule has 0 aliphatic carbocycles. The number of carbonyl (C=O) groups excluding carboxylic acids is 2. The topological polar surface area (TPSA) is 105 Å². The summed E-state index contributed by atoms with van der Waals surface area (Å²) in [5.74, 6) is -1.50. The zero-order chi connectivity index (χ0) is 22.3. The normalized spacial score (nSPS) is 24.0. The van der Waals surface area contributed by atoms with Crippen molar-refractivity contribution in [3.63, 3.8) is 0 Å². The van der Waals surface area contributed by atoms with Crippen LogP contribution < -0.4 is 10.2 Å². The van der Waals surface area contributed by atoms with Crippen molar-refractivity contribution in [2.24, 2.45) is 4.99 Å². The Kier molecular flexibility index (Phi) is 6.35. The third-order valence-electron chi connectivity index (χ3n) is 4.25. The van der Waals surface area contributed by atoms with Crippen molar-refractivity contribution < 1.29 is 27.1 Å². The molecule has 2 saturated heterocycles. The number of rotatable bonds is 3. The lowest BCUT2D eigenvalue weighted by molar-refractivity contribution is -0.117. The molecular weight excluding hydrogens is 457 g/mol. The van der Waals surface area contributed by atoms with Crippen molar-refractivity contribution in [2.75, 3.05) is 23.0 Å². The molecule has 2 aliphatic rings. The summed E-state index contributed by atoms with van der Waals surface area (Å²) >= 11 is 6.90. The molecule has 30 heavy (non-hydrogen) atoms. The number of amides is 2. The number of nitrogens with zero attached hydrogens (tertiary/aromatic N) is 2. The second kappa shape index (κ2) is 8.35. The molecule has 2 amide bonds. The Morgan fingerprint density at radius 1 is 1.37 bits per heavy atom. The first-order valence-corrected chi connectivity index (χ1v) is 12.1. The van der Waals surface area contributed by atoms with Gasteiger partial charge in [-0.05, 0) is 39.0 Å². The molecule has 12 heteroatoms. The number of amidine groups is 1. The number of thioether (sulfide) groups is 1. The number of alkyl carbamates (subject to hydrolysis) is 1. The van der Waals surface area contributed by atoms with Crippen molar-refractivity contribution in [3.8, 4) is 0 Å². The zero-order valence-corrected chi connectivity index (χ0v) is 18.9. The van der Waals surface area contributed by atoms with Crippen molar-refractivity contribution in [3.05, 3.63) is 29.0 Å². The highest BCUT2D eigenvalue weighted by Crippen LogP contribution is 2.41. The second-order valence-corrected chi connectivity index (χ2v) is 11.7. The van der Waals surface area contributed by atoms with E-state index in [2.05, 4.69) is 10.3 Å². The maximum absolute atomic E-state index is 14.0. The molecule has 0 spiro atoms. The molecule has 2 atom stereocenters. The van der Waals surface area contributed by atoms with Gasteiger partial charge in [0, 0.05) is 10.9 Å². The number of hydrogen-bond donors (Lipinski definition) is 1. The van der Waals surface area contributed by atoms with E-state index in [1.54, 1.807) is 25.7 Å². The largest absolute Gasteiger partial charge is 0.444 e. The van der Waals surface area contributed by atoms with Crippen LogP contribution in [0.25, 0.3) is 0 Å². The monoisotopic (exact) mass is 477 g/mol. The molecule has 1 aromatic carbocycles. The van der Waals surface area contributed by atoms with Crippen molar-refractivity contribution in [2.45, 2.75) is 37.7 Å². The minimum Gasteiger partial charge on any atom is -0.444 e. The van der Waals surface area contributed by atoms with Crippen molar-refractivity contribution >= 4 is 56.1 Å². The number of fused-ring (bicyclic) bond motifs is 1. The van der Waals surface area contributed by atoms with Gasteiger partial charge >= 0.3 is 6.09 Å². The van der Waals surface area contributed by atoms with Crippen LogP contribution in [0, 0.1) is 5.82 Å². The molecule has 2 heterocycles. The zero-order valence-electron chi connectivity index (χ0n) is 16.5. The third kappa shape index (κ3) is 5.44. The van der Waals surface area contributed by atoms with Gasteiger partial charge in [0.05, 0.1) is 22.6 Å². The first-order valence-electron chi connectivity index (χ1n) is 9.04. The Morgan fingerprint density at radius 2 is 2.07 bits per heavy atom. The number of halogens is 2. The van der Waals surface area contributed by atoms with Crippen LogP contribution in [0.4, 0.5) is 14.9 Å². The fraction of sp³-hybridized carbons (Fsp3) is 0.500. The SMILES string of the molecule is CC(C)(C)OC(=O)NCC(=O)N=C1SC2CS(=O)(=O)CC2N1c1ccc(Cl)c(F)c1. The Bertz CT molecular complexity index is 1010. The van der Waals surface area contributed by atoms with Gasteiger partial charge in [-0.15, -0.1) is 0 Å². The summed E-state index contributed by atoms with van der Waals surface area (Å²) in [6.07, 6.45) is -0.755. The van der Waals surface area contributed by atoms with Crippen LogP contribution in [0.1, 0.15) is 20.8 Å². The molecule has 164 valence electrons. The Hall–Kier alpha value is -1.85. The molecule has 2 fully saturated rings. The molecule has 0 radical (unpaired) electrons. The van der Waals surface area contributed by atoms with Crippen LogP contribution in [0.3, 0.4) is 0 Å². The number of benzene rings is 1. The van der Waals surface area contributed by atoms with Crippen LogP contribution >= 0.6 is 23.4 Å². The number of anilines is 1. The van der Waals surface area contributed by atoms with Crippen molar-refractivity contribution in [1.82, 2.24) is 5.32 Å². The average Bonchev–Trinajstić information content (AvgIpc) is 3.05. The van der Waals surface area contributed by atoms with Crippen LogP contribution in [0.2, 0.25) is 5.02 Å². The average molecular weight is 478 g/mol. The van der Waals surface area contributed by atoms with Gasteiger partial charge in [-0.2, -0.15) is 4.99 Å². The number of hydrogen-bond acceptors (Lipinski definition) is 6. The van der Waals surface area contributed by atoms with E-state index >= 15 is 0 Å². The van der Waals surface area contributed by atoms with Gasteiger partial charge in [-0.1, -0.05) is 23.4 Å². The van der Waals surface area contributed by atoms with Crippen LogP contribution in [0.5, 0.6) is 0 Å². The summed E-state index contributed by atoms with van der Waals surface area (Å²) in [7, 11) is -3.25. The summed E-state index contributed by atoms with van der Waals surface area (Å²) in [5, 5.41) is 2.17. The lowest BCUT2D eigenvalue weighted by Crippen LogP contribution is -2.38. The fourth-order valence-electron chi connectivity index (χ4n) is 3.11. The quantitative estimate of drug-likeness (QED) is 0.713. The molecule has 0 aromatic heterocycles. The maximum atomic E-state index is 14.0. The van der Waals surface area contributed by atoms with E-state index in [9.17, 15) is 22.4 Å². The summed E-state index contributed by atoms with van der Waals surface area (Å²) in [6.45, 7) is 4.69. The van der Waals surface area contributed by atoms with E-state index < -0.39 is 45.8 Å². The van der Waals surface area contributed by atoms with Gasteiger partial charge in [0.15, 0.2) is 15.0 Å². The Morgan fingerprint density at radius 3 is 2.70 bits per heavy atom. The van der Waals surface area contributed by atoms with E-state index in [0.29, 0.717) is 5.69 Å². The Labute approximate surface area is 183 Å². The van der Waals surface area contributed by atoms with E-state index in [1.165, 1.54) is 18.2 Å². The molecule has 2 unspecified atom stereocenters. The number of sulfone groups is 1. The number of aliphatic imine (C=N–C) groups is 1. The maximum Gasteiger partial charge on any atom is 0.408 e. The van der Waals surface area contributed by atoms with Gasteiger partial charge in [0.1, 0.15) is 18.0 Å². The predicted molar refractivity (Wildman–Crippen MR) is 114 cm³/mol. The first kappa shape index (κ1) is 22.8. The molecule has 8 nitrogen and oxygen atoms in total. The lowest BCUT2D eigenvalue weighted by Gasteiger charge is -2.24. The molecule has 1 N–H and O–H groups in total. The van der Waals surface area contributed by atoms with Gasteiger partial charge < -0.3 is 15.0 Å². The summed E-state index contributed by atoms with van der Waals surface area (Å²) in [5.41, 5.74) is -0.362. The third-order valence-corrected chi connectivity index (χ3v) is 7.77. The first-order chi connectivity index (χ1) is 13.8. The van der Waals surface area contributed by atoms with Gasteiger partial charge in [0.2, 0.25) is 0 Å². The predicted octanol–water partition coefficient (Wildman–Crippen LogP) is 2.61. The molecule has 3 rings (SSSR count). The van der Waals surface area contributed by atoms with Crippen molar-refractivity contribution in [1.29, 1.82) is 0 Å². The highest BCUT2D eigenvalue weighted by atomic mass is 35.5. The number of ether oxygens (including phenoxy) is 1. The van der Waals surface area contributed by atoms with Gasteiger partial charge in [-0.3, -0.25) is 4.79 Å². The molecular formula is C18H21ClFN3O5S2. The minimum atomic E-state index is -3.25. The van der Waals surface area contributed by atoms with E-state index in [1.807, 2.05) is 0 Å². The molecule has 0 saturated carbocycles. The van der Waals surface area contributed by atoms with E-state index in [0.717, 1.165) is 11.8 Å². The van der Waals surface area contributed by atoms with Gasteiger partial charge in [-0.25, -0.2) is 17.6 Å². The number of carbonyl (C=O) groups is 2. The smallest absolute Gasteiger partial charge is 0.408 e. The van der Waals surface area contributed by atoms with E-state index in [-0.39, 0.29) is 26.9 Å².